The number of fused-ring (bicyclic) bond motifs is 2. The number of nitrogens with one attached hydrogen (secondary N) is 2. The number of aliphatic hydroxyl groups excluding tert-OH is 1. The fourth-order valence-corrected chi connectivity index (χ4v) is 17.1. The first kappa shape index (κ1) is 30.3. The Morgan fingerprint density at radius 2 is 1.67 bits per heavy atom. The van der Waals surface area contributed by atoms with E-state index in [1.54, 1.807) is 4.57 Å². The Morgan fingerprint density at radius 1 is 1.05 bits per heavy atom. The number of ether oxygens (including phenoxy) is 1. The van der Waals surface area contributed by atoms with E-state index in [9.17, 15) is 9.90 Å². The van der Waals surface area contributed by atoms with E-state index in [1.165, 1.54) is 6.33 Å². The Labute approximate surface area is 233 Å². The van der Waals surface area contributed by atoms with Crippen LogP contribution in [0.15, 0.2) is 11.1 Å². The van der Waals surface area contributed by atoms with Crippen LogP contribution in [0.1, 0.15) is 75.5 Å². The molecule has 39 heavy (non-hydrogen) atoms. The van der Waals surface area contributed by atoms with Gasteiger partial charge >= 0.3 is 17.1 Å². The van der Waals surface area contributed by atoms with Crippen LogP contribution in [0.25, 0.3) is 11.2 Å². The highest BCUT2D eigenvalue weighted by Gasteiger charge is 2.61. The molecule has 0 amide bonds. The molecule has 0 bridgehead atoms. The molecule has 0 saturated carbocycles. The summed E-state index contributed by atoms with van der Waals surface area (Å²) in [6.07, 6.45) is -1.56. The molecule has 13 heteroatoms. The number of aromatic nitrogens is 4. The van der Waals surface area contributed by atoms with Crippen LogP contribution in [0, 0.1) is 5.92 Å². The molecule has 2 aliphatic heterocycles. The van der Waals surface area contributed by atoms with Crippen LogP contribution in [0.5, 0.6) is 0 Å². The molecule has 2 aromatic rings. The third-order valence-corrected chi connectivity index (χ3v) is 18.3. The zero-order valence-electron chi connectivity index (χ0n) is 25.0. The van der Waals surface area contributed by atoms with Gasteiger partial charge in [-0.1, -0.05) is 69.2 Å². The van der Waals surface area contributed by atoms with Gasteiger partial charge in [0.1, 0.15) is 18.3 Å². The van der Waals surface area contributed by atoms with E-state index in [-0.39, 0.29) is 39.8 Å². The lowest BCUT2D eigenvalue weighted by Crippen LogP contribution is -2.65. The first-order valence-corrected chi connectivity index (χ1v) is 18.2. The highest BCUT2D eigenvalue weighted by molar-refractivity contribution is 6.84. The second-order valence-electron chi connectivity index (χ2n) is 12.6. The predicted molar refractivity (Wildman–Crippen MR) is 155 cm³/mol. The highest BCUT2D eigenvalue weighted by Crippen LogP contribution is 2.48. The van der Waals surface area contributed by atoms with E-state index in [1.807, 2.05) is 0 Å². The monoisotopic (exact) mass is 581 g/mol. The highest BCUT2D eigenvalue weighted by atomic mass is 28.5. The van der Waals surface area contributed by atoms with Crippen molar-refractivity contribution in [1.82, 2.24) is 19.5 Å². The van der Waals surface area contributed by atoms with Crippen molar-refractivity contribution in [2.45, 2.75) is 116 Å². The molecular weight excluding hydrogens is 534 g/mol. The molecule has 2 fully saturated rings. The topological polar surface area (TPSA) is 133 Å². The summed E-state index contributed by atoms with van der Waals surface area (Å²) >= 11 is 0. The maximum absolute atomic E-state index is 12.8. The molecule has 3 N–H and O–H groups in total. The van der Waals surface area contributed by atoms with E-state index in [0.717, 1.165) is 0 Å². The molecule has 2 saturated heterocycles. The summed E-state index contributed by atoms with van der Waals surface area (Å²) in [6.45, 7) is 22.3. The lowest BCUT2D eigenvalue weighted by atomic mass is 10.1. The van der Waals surface area contributed by atoms with Gasteiger partial charge < -0.3 is 28.1 Å². The standard InChI is InChI=1S/C26H47N5O6Si2/c1-14(2)11-27-26-29-23-20(24(33)30-26)28-13-31(23)25-21(32)22-19(35-25)12-34-38(15(3)4,16(5)6)37-39(36-22,17(7)8)18(9)10/h13-19,21-22,25,32H,11-12H2,1-10H3,(H2,27,29,30,33)/t19-,21-,22?,25?/m1/s1. The number of H-pyrrole nitrogens is 1. The maximum atomic E-state index is 12.8. The molecule has 0 aromatic carbocycles. The Bertz CT molecular complexity index is 1180. The Morgan fingerprint density at radius 3 is 2.23 bits per heavy atom. The van der Waals surface area contributed by atoms with Gasteiger partial charge in [-0.15, -0.1) is 0 Å². The smallest absolute Gasteiger partial charge is 0.335 e. The van der Waals surface area contributed by atoms with Gasteiger partial charge in [0.15, 0.2) is 17.4 Å². The molecule has 4 heterocycles. The van der Waals surface area contributed by atoms with E-state index in [0.29, 0.717) is 24.1 Å². The van der Waals surface area contributed by atoms with Crippen LogP contribution in [0.2, 0.25) is 22.2 Å². The van der Waals surface area contributed by atoms with Crippen LogP contribution in [-0.4, -0.2) is 73.2 Å². The zero-order valence-corrected chi connectivity index (χ0v) is 27.0. The van der Waals surface area contributed by atoms with Gasteiger partial charge in [-0.25, -0.2) is 4.98 Å². The van der Waals surface area contributed by atoms with E-state index >= 15 is 0 Å². The summed E-state index contributed by atoms with van der Waals surface area (Å²) in [5.41, 5.74) is 0.824. The lowest BCUT2D eigenvalue weighted by molar-refractivity contribution is -0.0570. The van der Waals surface area contributed by atoms with E-state index in [2.05, 4.69) is 89.5 Å². The van der Waals surface area contributed by atoms with Gasteiger partial charge in [0.2, 0.25) is 5.95 Å². The maximum Gasteiger partial charge on any atom is 0.335 e. The third-order valence-electron chi connectivity index (χ3n) is 8.03. The van der Waals surface area contributed by atoms with Gasteiger partial charge in [-0.2, -0.15) is 4.98 Å². The molecule has 0 radical (unpaired) electrons. The lowest BCUT2D eigenvalue weighted by Gasteiger charge is -2.51. The molecule has 11 nitrogen and oxygen atoms in total. The second-order valence-corrected chi connectivity index (χ2v) is 21.5. The number of imidazole rings is 1. The van der Waals surface area contributed by atoms with Gasteiger partial charge in [0.25, 0.3) is 5.56 Å². The largest absolute Gasteiger partial charge is 0.414 e. The van der Waals surface area contributed by atoms with Crippen LogP contribution >= 0.6 is 0 Å². The quantitative estimate of drug-likeness (QED) is 0.388. The molecule has 0 aliphatic carbocycles. The molecule has 2 aliphatic rings. The van der Waals surface area contributed by atoms with Gasteiger partial charge in [-0.3, -0.25) is 14.3 Å². The number of nitrogens with zero attached hydrogens (tertiary/aromatic N) is 3. The average Bonchev–Trinajstić information content (AvgIpc) is 3.38. The van der Waals surface area contributed by atoms with Crippen molar-refractivity contribution in [2.24, 2.45) is 5.92 Å². The van der Waals surface area contributed by atoms with E-state index in [4.69, 9.17) is 17.7 Å². The summed E-state index contributed by atoms with van der Waals surface area (Å²) in [4.78, 5) is 24.4. The average molecular weight is 582 g/mol. The summed E-state index contributed by atoms with van der Waals surface area (Å²) in [6, 6.07) is 0. The number of hydrogen-bond donors (Lipinski definition) is 3. The van der Waals surface area contributed by atoms with Gasteiger partial charge in [-0.05, 0) is 28.1 Å². The van der Waals surface area contributed by atoms with Crippen LogP contribution < -0.4 is 10.9 Å². The number of aliphatic hydroxyl groups is 1. The molecule has 4 atom stereocenters. The molecule has 2 unspecified atom stereocenters. The molecule has 0 spiro atoms. The second kappa shape index (κ2) is 11.3. The fourth-order valence-electron chi connectivity index (χ4n) is 5.86. The summed E-state index contributed by atoms with van der Waals surface area (Å²) < 4.78 is 29.1. The van der Waals surface area contributed by atoms with Crippen molar-refractivity contribution in [3.63, 3.8) is 0 Å². The number of hydrogen-bond acceptors (Lipinski definition) is 9. The summed E-state index contributed by atoms with van der Waals surface area (Å²) in [7, 11) is -5.66. The van der Waals surface area contributed by atoms with Crippen molar-refractivity contribution in [3.05, 3.63) is 16.7 Å². The molecule has 220 valence electrons. The van der Waals surface area contributed by atoms with Crippen molar-refractivity contribution in [1.29, 1.82) is 0 Å². The Kier molecular flexibility index (Phi) is 8.82. The van der Waals surface area contributed by atoms with Crippen LogP contribution in [0.4, 0.5) is 5.95 Å². The van der Waals surface area contributed by atoms with Crippen molar-refractivity contribution in [3.8, 4) is 0 Å². The minimum absolute atomic E-state index is 0.124. The molecule has 2 aromatic heterocycles. The first-order chi connectivity index (χ1) is 18.2. The first-order valence-electron chi connectivity index (χ1n) is 14.3. The normalized spacial score (nSPS) is 27.1. The number of anilines is 1. The zero-order chi connectivity index (χ0) is 28.9. The van der Waals surface area contributed by atoms with Gasteiger partial charge in [0, 0.05) is 6.54 Å². The SMILES string of the molecule is CC(C)CNc1nc2c(ncn2C2O[C@@H]3CO[Si](C(C)C)(C(C)C)O[Si](C(C)C)(C(C)C)OC3[C@H]2O)c(=O)[nH]1. The fraction of sp³-hybridized carbons (Fsp3) is 0.808. The van der Waals surface area contributed by atoms with Gasteiger partial charge in [0.05, 0.1) is 12.9 Å². The number of aromatic amines is 1. The minimum Gasteiger partial charge on any atom is -0.414 e. The van der Waals surface area contributed by atoms with Crippen molar-refractivity contribution in [2.75, 3.05) is 18.5 Å². The van der Waals surface area contributed by atoms with Crippen molar-refractivity contribution >= 4 is 34.2 Å². The number of rotatable bonds is 8. The minimum atomic E-state index is -2.92. The van der Waals surface area contributed by atoms with E-state index < -0.39 is 41.7 Å². The third kappa shape index (κ3) is 5.38. The van der Waals surface area contributed by atoms with Crippen LogP contribution in [-0.2, 0) is 17.7 Å². The molecule has 4 rings (SSSR count). The predicted octanol–water partition coefficient (Wildman–Crippen LogP) is 4.40. The summed E-state index contributed by atoms with van der Waals surface area (Å²) in [5.74, 6) is 0.718. The summed E-state index contributed by atoms with van der Waals surface area (Å²) in [5, 5.41) is 14.9. The Hall–Kier alpha value is -1.62. The Balaban J connectivity index is 1.75. The van der Waals surface area contributed by atoms with Crippen molar-refractivity contribution < 1.29 is 22.8 Å². The van der Waals surface area contributed by atoms with Crippen LogP contribution in [0.3, 0.4) is 0 Å². The molecular formula is C26H47N5O6Si2.